The van der Waals surface area contributed by atoms with Crippen LogP contribution in [0.2, 0.25) is 0 Å². The van der Waals surface area contributed by atoms with Gasteiger partial charge in [-0.15, -0.1) is 0 Å². The number of aromatic nitrogens is 1. The molecular formula is C22H32F2N2O4. The lowest BCUT2D eigenvalue weighted by Crippen LogP contribution is -2.68. The number of likely N-dealkylation sites (tertiary alicyclic amines) is 1. The number of carbonyl (C=O) groups is 2. The minimum Gasteiger partial charge on any atom is -0.481 e. The summed E-state index contributed by atoms with van der Waals surface area (Å²) in [5.74, 6) is -4.14. The van der Waals surface area contributed by atoms with Gasteiger partial charge in [0.05, 0.1) is 17.3 Å². The quantitative estimate of drug-likeness (QED) is 0.732. The molecule has 1 fully saturated rings. The summed E-state index contributed by atoms with van der Waals surface area (Å²) in [5.41, 5.74) is -2.86. The number of hydrogen-bond donors (Lipinski definition) is 2. The maximum atomic E-state index is 14.6. The van der Waals surface area contributed by atoms with E-state index in [9.17, 15) is 28.6 Å². The first-order valence-corrected chi connectivity index (χ1v) is 10.1. The van der Waals surface area contributed by atoms with Gasteiger partial charge >= 0.3 is 12.1 Å². The third-order valence-electron chi connectivity index (χ3n) is 6.50. The predicted octanol–water partition coefficient (Wildman–Crippen LogP) is 4.68. The Bertz CT molecular complexity index is 831. The lowest BCUT2D eigenvalue weighted by molar-refractivity contribution is -0.184. The van der Waals surface area contributed by atoms with Crippen LogP contribution in [-0.4, -0.2) is 44.7 Å². The Balaban J connectivity index is 2.83. The molecule has 2 heterocycles. The van der Waals surface area contributed by atoms with Gasteiger partial charge < -0.3 is 15.1 Å². The molecule has 1 saturated heterocycles. The number of rotatable bonds is 3. The van der Waals surface area contributed by atoms with Gasteiger partial charge in [0.15, 0.2) is 0 Å². The molecule has 4 atom stereocenters. The first-order chi connectivity index (χ1) is 13.5. The Kier molecular flexibility index (Phi) is 6.23. The van der Waals surface area contributed by atoms with Crippen molar-refractivity contribution in [3.05, 3.63) is 29.6 Å². The molecule has 168 valence electrons. The fourth-order valence-electron chi connectivity index (χ4n) is 5.59. The molecule has 1 amide bonds. The average molecular weight is 427 g/mol. The molecule has 1 aromatic rings. The number of piperidine rings is 1. The summed E-state index contributed by atoms with van der Waals surface area (Å²) in [7, 11) is 0. The maximum absolute atomic E-state index is 14.6. The fourth-order valence-corrected chi connectivity index (χ4v) is 5.59. The molecule has 6 nitrogen and oxygen atoms in total. The molecular weight excluding hydrogens is 394 g/mol. The smallest absolute Gasteiger partial charge is 0.407 e. The summed E-state index contributed by atoms with van der Waals surface area (Å²) in [5, 5.41) is 20.4. The molecule has 0 radical (unpaired) electrons. The first kappa shape index (κ1) is 24.0. The van der Waals surface area contributed by atoms with Gasteiger partial charge in [0.25, 0.3) is 0 Å². The van der Waals surface area contributed by atoms with Crippen molar-refractivity contribution in [2.75, 3.05) is 6.54 Å². The minimum absolute atomic E-state index is 0.00168. The number of halogens is 2. The number of aliphatic carboxylic acids is 1. The summed E-state index contributed by atoms with van der Waals surface area (Å²) < 4.78 is 28.0. The van der Waals surface area contributed by atoms with E-state index in [1.54, 1.807) is 6.92 Å². The largest absolute Gasteiger partial charge is 0.481 e. The van der Waals surface area contributed by atoms with Crippen LogP contribution in [0.25, 0.3) is 0 Å². The summed E-state index contributed by atoms with van der Waals surface area (Å²) in [6.07, 6.45) is -0.492. The lowest BCUT2D eigenvalue weighted by atomic mass is 9.48. The zero-order valence-electron chi connectivity index (χ0n) is 18.7. The highest BCUT2D eigenvalue weighted by Crippen LogP contribution is 2.58. The number of carboxylic acids is 1. The number of hydrogen-bond acceptors (Lipinski definition) is 3. The molecule has 0 bridgehead atoms. The molecule has 8 heteroatoms. The normalized spacial score (nSPS) is 27.8. The van der Waals surface area contributed by atoms with Crippen LogP contribution in [0.5, 0.6) is 0 Å². The van der Waals surface area contributed by atoms with E-state index in [2.05, 4.69) is 4.98 Å². The van der Waals surface area contributed by atoms with E-state index in [4.69, 9.17) is 0 Å². The number of nitrogens with zero attached hydrogens (tertiary/aromatic N) is 2. The van der Waals surface area contributed by atoms with Gasteiger partial charge in [0.2, 0.25) is 0 Å². The Morgan fingerprint density at radius 3 is 2.13 bits per heavy atom. The second kappa shape index (κ2) is 7.78. The summed E-state index contributed by atoms with van der Waals surface area (Å²) in [4.78, 5) is 30.2. The van der Waals surface area contributed by atoms with Gasteiger partial charge in [-0.3, -0.25) is 9.78 Å². The van der Waals surface area contributed by atoms with E-state index in [1.807, 2.05) is 41.5 Å². The van der Waals surface area contributed by atoms with Crippen molar-refractivity contribution in [1.82, 2.24) is 9.88 Å². The third-order valence-corrected chi connectivity index (χ3v) is 6.50. The second-order valence-electron chi connectivity index (χ2n) is 10.5. The molecule has 1 aliphatic heterocycles. The number of pyridine rings is 1. The molecule has 2 rings (SSSR count). The van der Waals surface area contributed by atoms with Crippen molar-refractivity contribution in [3.63, 3.8) is 0 Å². The average Bonchev–Trinajstić information content (AvgIpc) is 2.54. The third kappa shape index (κ3) is 4.14. The van der Waals surface area contributed by atoms with Gasteiger partial charge in [0.1, 0.15) is 11.6 Å². The Morgan fingerprint density at radius 1 is 1.17 bits per heavy atom. The number of carboxylic acid groups (broad SMARTS) is 2. The van der Waals surface area contributed by atoms with Crippen LogP contribution in [0.15, 0.2) is 12.3 Å². The van der Waals surface area contributed by atoms with Crippen molar-refractivity contribution in [3.8, 4) is 0 Å². The molecule has 1 aliphatic rings. The van der Waals surface area contributed by atoms with Crippen LogP contribution < -0.4 is 0 Å². The molecule has 30 heavy (non-hydrogen) atoms. The van der Waals surface area contributed by atoms with Gasteiger partial charge in [-0.2, -0.15) is 0 Å². The highest BCUT2D eigenvalue weighted by Gasteiger charge is 2.64. The molecule has 1 aromatic heterocycles. The van der Waals surface area contributed by atoms with Crippen LogP contribution in [0.3, 0.4) is 0 Å². The number of amides is 1. The predicted molar refractivity (Wildman–Crippen MR) is 108 cm³/mol. The summed E-state index contributed by atoms with van der Waals surface area (Å²) in [6.45, 7) is 12.9. The highest BCUT2D eigenvalue weighted by atomic mass is 19.1. The minimum atomic E-state index is -1.51. The Labute approximate surface area is 176 Å². The van der Waals surface area contributed by atoms with E-state index in [-0.39, 0.29) is 18.7 Å². The molecule has 0 saturated carbocycles. The van der Waals surface area contributed by atoms with E-state index in [0.29, 0.717) is 6.07 Å². The van der Waals surface area contributed by atoms with E-state index in [1.165, 1.54) is 4.90 Å². The van der Waals surface area contributed by atoms with Crippen LogP contribution in [0.1, 0.15) is 54.2 Å². The van der Waals surface area contributed by atoms with Gasteiger partial charge in [0, 0.05) is 31.0 Å². The van der Waals surface area contributed by atoms with Gasteiger partial charge in [-0.05, 0) is 23.7 Å². The fraction of sp³-hybridized carbons (Fsp3) is 0.682. The van der Waals surface area contributed by atoms with Gasteiger partial charge in [-0.1, -0.05) is 41.5 Å². The summed E-state index contributed by atoms with van der Waals surface area (Å²) >= 11 is 0. The molecule has 2 unspecified atom stereocenters. The first-order valence-electron chi connectivity index (χ1n) is 10.1. The monoisotopic (exact) mass is 426 g/mol. The zero-order valence-corrected chi connectivity index (χ0v) is 18.7. The van der Waals surface area contributed by atoms with Crippen LogP contribution in [0.4, 0.5) is 13.6 Å². The van der Waals surface area contributed by atoms with Crippen LogP contribution in [-0.2, 0) is 11.2 Å². The lowest BCUT2D eigenvalue weighted by Gasteiger charge is -2.60. The Morgan fingerprint density at radius 2 is 1.73 bits per heavy atom. The maximum Gasteiger partial charge on any atom is 0.407 e. The van der Waals surface area contributed by atoms with Crippen molar-refractivity contribution < 1.29 is 28.6 Å². The second-order valence-corrected chi connectivity index (χ2v) is 10.5. The molecule has 0 spiro atoms. The highest BCUT2D eigenvalue weighted by molar-refractivity contribution is 5.78. The van der Waals surface area contributed by atoms with Crippen molar-refractivity contribution in [2.45, 2.75) is 60.9 Å². The van der Waals surface area contributed by atoms with E-state index < -0.39 is 57.8 Å². The zero-order chi connectivity index (χ0) is 23.2. The van der Waals surface area contributed by atoms with E-state index >= 15 is 0 Å². The van der Waals surface area contributed by atoms with Crippen LogP contribution in [0, 0.1) is 39.7 Å². The van der Waals surface area contributed by atoms with Crippen molar-refractivity contribution >= 4 is 12.1 Å². The van der Waals surface area contributed by atoms with Crippen molar-refractivity contribution in [1.29, 1.82) is 0 Å². The van der Waals surface area contributed by atoms with E-state index in [0.717, 1.165) is 6.20 Å². The van der Waals surface area contributed by atoms with Crippen LogP contribution >= 0.6 is 0 Å². The molecule has 0 aromatic carbocycles. The van der Waals surface area contributed by atoms with Gasteiger partial charge in [-0.25, -0.2) is 13.6 Å². The van der Waals surface area contributed by atoms with Crippen molar-refractivity contribution in [2.24, 2.45) is 28.1 Å². The SMILES string of the molecule is C[C@@H]1C(C(C)(C)C)[C@](Cc2ncc(F)cc2F)(C(=O)O)C(C(C)(C)C)CN1C(=O)O. The summed E-state index contributed by atoms with van der Waals surface area (Å²) in [6, 6.07) is 0.0759. The standard InChI is InChI=1S/C22H32F2N2O4/c1-12-17(21(5,6)7)22(18(27)28,9-15-14(24)8-13(23)10-25-15)16(20(2,3)4)11-26(12)19(29)30/h8,10,12,16-17H,9,11H2,1-7H3,(H,27,28)(H,29,30)/t12-,16?,17?,22-/m1/s1. The topological polar surface area (TPSA) is 90.7 Å². The molecule has 2 N–H and O–H groups in total. The molecule has 0 aliphatic carbocycles. The Hall–Kier alpha value is -2.25.